The Labute approximate surface area is 108 Å². The van der Waals surface area contributed by atoms with Gasteiger partial charge in [0.1, 0.15) is 0 Å². The first-order valence-electron chi connectivity index (χ1n) is 5.22. The number of aromatic carboxylic acids is 1. The zero-order chi connectivity index (χ0) is 14.4. The average Bonchev–Trinajstić information content (AvgIpc) is 2.38. The zero-order valence-electron chi connectivity index (χ0n) is 9.81. The van der Waals surface area contributed by atoms with Gasteiger partial charge in [0, 0.05) is 12.1 Å². The summed E-state index contributed by atoms with van der Waals surface area (Å²) in [5.41, 5.74) is 2.37. The van der Waals surface area contributed by atoms with Crippen LogP contribution in [0.15, 0.2) is 18.2 Å². The number of hydrogen-bond acceptors (Lipinski definition) is 4. The number of hydrogen-bond donors (Lipinski definition) is 4. The number of benzene rings is 1. The van der Waals surface area contributed by atoms with Gasteiger partial charge in [-0.3, -0.25) is 10.6 Å². The number of nitrogens with one attached hydrogen (secondary N) is 2. The van der Waals surface area contributed by atoms with Crippen LogP contribution < -0.4 is 16.6 Å². The third-order valence-corrected chi connectivity index (χ3v) is 2.25. The molecule has 0 aliphatic rings. The number of carbonyl (C=O) groups excluding carboxylic acids is 1. The van der Waals surface area contributed by atoms with E-state index in [9.17, 15) is 14.0 Å². The number of nitrogens with two attached hydrogens (primary N) is 1. The molecule has 19 heavy (non-hydrogen) atoms. The van der Waals surface area contributed by atoms with Gasteiger partial charge >= 0.3 is 5.97 Å². The van der Waals surface area contributed by atoms with Crippen molar-refractivity contribution in [1.82, 2.24) is 0 Å². The maximum absolute atomic E-state index is 13.2. The average molecular weight is 265 g/mol. The van der Waals surface area contributed by atoms with Gasteiger partial charge in [0.25, 0.3) is 5.91 Å². The molecule has 0 radical (unpaired) electrons. The van der Waals surface area contributed by atoms with Crippen molar-refractivity contribution in [3.8, 4) is 12.3 Å². The molecule has 5 N–H and O–H groups in total. The lowest BCUT2D eigenvalue weighted by Crippen LogP contribution is -2.24. The molecule has 1 unspecified atom stereocenters. The molecule has 1 rings (SSSR count). The minimum atomic E-state index is -1.84. The summed E-state index contributed by atoms with van der Waals surface area (Å²) in [5.74, 6) is 5.01. The lowest BCUT2D eigenvalue weighted by molar-refractivity contribution is -0.120. The molecule has 1 aromatic rings. The van der Waals surface area contributed by atoms with Crippen molar-refractivity contribution in [3.05, 3.63) is 23.8 Å². The smallest absolute Gasteiger partial charge is 0.337 e. The number of rotatable bonds is 5. The summed E-state index contributed by atoms with van der Waals surface area (Å²) in [5, 5.41) is 11.2. The standard InChI is InChI=1S/C12H12FN3O3/c1-2-3-9(13)11(17)15-7-4-5-10(16-14)8(6-7)12(18)19/h1,4-6,9,16H,3,14H2,(H,15,17)(H,18,19). The summed E-state index contributed by atoms with van der Waals surface area (Å²) in [6.45, 7) is 0. The molecule has 0 heterocycles. The van der Waals surface area contributed by atoms with Gasteiger partial charge in [-0.05, 0) is 18.2 Å². The highest BCUT2D eigenvalue weighted by Gasteiger charge is 2.17. The lowest BCUT2D eigenvalue weighted by atomic mass is 10.1. The first kappa shape index (κ1) is 14.5. The third-order valence-electron chi connectivity index (χ3n) is 2.25. The van der Waals surface area contributed by atoms with E-state index in [0.29, 0.717) is 0 Å². The van der Waals surface area contributed by atoms with Crippen LogP contribution in [0.1, 0.15) is 16.8 Å². The Bertz CT molecular complexity index is 540. The number of nitrogen functional groups attached to an aromatic ring is 1. The van der Waals surface area contributed by atoms with Gasteiger partial charge < -0.3 is 15.8 Å². The molecule has 0 saturated heterocycles. The number of carbonyl (C=O) groups is 2. The Balaban J connectivity index is 2.92. The van der Waals surface area contributed by atoms with Gasteiger partial charge in [-0.1, -0.05) is 0 Å². The molecule has 0 fully saturated rings. The van der Waals surface area contributed by atoms with E-state index < -0.39 is 18.0 Å². The fourth-order valence-electron chi connectivity index (χ4n) is 1.34. The number of alkyl halides is 1. The molecule has 0 spiro atoms. The molecule has 0 bridgehead atoms. The largest absolute Gasteiger partial charge is 0.478 e. The van der Waals surface area contributed by atoms with E-state index in [1.165, 1.54) is 12.1 Å². The third kappa shape index (κ3) is 3.69. The first-order valence-corrected chi connectivity index (χ1v) is 5.22. The number of halogens is 1. The molecule has 100 valence electrons. The van der Waals surface area contributed by atoms with Crippen LogP contribution in [0.4, 0.5) is 15.8 Å². The Morgan fingerprint density at radius 1 is 1.53 bits per heavy atom. The van der Waals surface area contributed by atoms with Gasteiger partial charge in [-0.15, -0.1) is 12.3 Å². The molecule has 0 aliphatic carbocycles. The quantitative estimate of drug-likeness (QED) is 0.361. The second kappa shape index (κ2) is 6.37. The van der Waals surface area contributed by atoms with E-state index in [1.54, 1.807) is 0 Å². The minimum absolute atomic E-state index is 0.140. The maximum atomic E-state index is 13.2. The van der Waals surface area contributed by atoms with Crippen LogP contribution in [-0.4, -0.2) is 23.2 Å². The van der Waals surface area contributed by atoms with Crippen LogP contribution in [0.25, 0.3) is 0 Å². The van der Waals surface area contributed by atoms with E-state index in [-0.39, 0.29) is 23.4 Å². The summed E-state index contributed by atoms with van der Waals surface area (Å²) >= 11 is 0. The van der Waals surface area contributed by atoms with Crippen molar-refractivity contribution in [2.45, 2.75) is 12.6 Å². The highest BCUT2D eigenvalue weighted by atomic mass is 19.1. The summed E-state index contributed by atoms with van der Waals surface area (Å²) in [4.78, 5) is 22.3. The predicted molar refractivity (Wildman–Crippen MR) is 68.2 cm³/mol. The van der Waals surface area contributed by atoms with E-state index in [1.807, 2.05) is 5.92 Å². The molecular formula is C12H12FN3O3. The SMILES string of the molecule is C#CCC(F)C(=O)Nc1ccc(NN)c(C(=O)O)c1. The van der Waals surface area contributed by atoms with E-state index in [4.69, 9.17) is 17.4 Å². The monoisotopic (exact) mass is 265 g/mol. The van der Waals surface area contributed by atoms with Gasteiger partial charge in [-0.2, -0.15) is 0 Å². The number of anilines is 2. The van der Waals surface area contributed by atoms with Crippen LogP contribution in [0.2, 0.25) is 0 Å². The van der Waals surface area contributed by atoms with Crippen molar-refractivity contribution in [1.29, 1.82) is 0 Å². The van der Waals surface area contributed by atoms with Gasteiger partial charge in [0.2, 0.25) is 0 Å². The zero-order valence-corrected chi connectivity index (χ0v) is 9.81. The second-order valence-electron chi connectivity index (χ2n) is 3.57. The Hall–Kier alpha value is -2.59. The summed E-state index contributed by atoms with van der Waals surface area (Å²) in [6.07, 6.45) is 2.70. The molecule has 0 aliphatic heterocycles. The van der Waals surface area contributed by atoms with Gasteiger partial charge in [-0.25, -0.2) is 9.18 Å². The first-order chi connectivity index (χ1) is 8.99. The van der Waals surface area contributed by atoms with Crippen molar-refractivity contribution < 1.29 is 19.1 Å². The van der Waals surface area contributed by atoms with Crippen LogP contribution in [0.5, 0.6) is 0 Å². The Kier molecular flexibility index (Phi) is 4.85. The van der Waals surface area contributed by atoms with Gasteiger partial charge in [0.15, 0.2) is 6.17 Å². The van der Waals surface area contributed by atoms with E-state index >= 15 is 0 Å². The molecule has 1 amide bonds. The Morgan fingerprint density at radius 2 is 2.21 bits per heavy atom. The van der Waals surface area contributed by atoms with Crippen molar-refractivity contribution in [3.63, 3.8) is 0 Å². The highest BCUT2D eigenvalue weighted by molar-refractivity contribution is 5.99. The van der Waals surface area contributed by atoms with E-state index in [0.717, 1.165) is 6.07 Å². The predicted octanol–water partition coefficient (Wildman–Crippen LogP) is 0.970. The van der Waals surface area contributed by atoms with Crippen molar-refractivity contribution in [2.75, 3.05) is 10.7 Å². The van der Waals surface area contributed by atoms with Crippen LogP contribution >= 0.6 is 0 Å². The number of carboxylic acids is 1. The fraction of sp³-hybridized carbons (Fsp3) is 0.167. The molecular weight excluding hydrogens is 253 g/mol. The van der Waals surface area contributed by atoms with Crippen molar-refractivity contribution >= 4 is 23.3 Å². The molecule has 0 aromatic heterocycles. The maximum Gasteiger partial charge on any atom is 0.337 e. The molecule has 1 aromatic carbocycles. The summed E-state index contributed by atoms with van der Waals surface area (Å²) in [6, 6.07) is 3.91. The van der Waals surface area contributed by atoms with Crippen LogP contribution in [0, 0.1) is 12.3 Å². The normalized spacial score (nSPS) is 11.2. The van der Waals surface area contributed by atoms with E-state index in [2.05, 4.69) is 10.7 Å². The lowest BCUT2D eigenvalue weighted by Gasteiger charge is -2.10. The number of hydrazine groups is 1. The van der Waals surface area contributed by atoms with Gasteiger partial charge in [0.05, 0.1) is 11.3 Å². The second-order valence-corrected chi connectivity index (χ2v) is 3.57. The van der Waals surface area contributed by atoms with Crippen LogP contribution in [0.3, 0.4) is 0 Å². The molecule has 7 heteroatoms. The number of amides is 1. The number of terminal acetylenes is 1. The Morgan fingerprint density at radius 3 is 2.74 bits per heavy atom. The van der Waals surface area contributed by atoms with Crippen LogP contribution in [-0.2, 0) is 4.79 Å². The number of carboxylic acid groups (broad SMARTS) is 1. The molecule has 6 nitrogen and oxygen atoms in total. The molecule has 1 atom stereocenters. The minimum Gasteiger partial charge on any atom is -0.478 e. The topological polar surface area (TPSA) is 104 Å². The summed E-state index contributed by atoms with van der Waals surface area (Å²) in [7, 11) is 0. The summed E-state index contributed by atoms with van der Waals surface area (Å²) < 4.78 is 13.2. The highest BCUT2D eigenvalue weighted by Crippen LogP contribution is 2.20. The van der Waals surface area contributed by atoms with Crippen molar-refractivity contribution in [2.24, 2.45) is 5.84 Å². The fourth-order valence-corrected chi connectivity index (χ4v) is 1.34. The molecule has 0 saturated carbocycles.